The van der Waals surface area contributed by atoms with Crippen LogP contribution in [0.2, 0.25) is 0 Å². The van der Waals surface area contributed by atoms with Gasteiger partial charge in [0, 0.05) is 18.2 Å². The van der Waals surface area contributed by atoms with Crippen LogP contribution in [0.4, 0.5) is 5.69 Å². The molecule has 0 aromatic heterocycles. The number of hydrogen-bond acceptors (Lipinski definition) is 3. The predicted octanol–water partition coefficient (Wildman–Crippen LogP) is 1.49. The molecule has 0 aliphatic heterocycles. The van der Waals surface area contributed by atoms with E-state index in [2.05, 4.69) is 10.6 Å². The number of nitrogens with one attached hydrogen (secondary N) is 1. The predicted molar refractivity (Wildman–Crippen MR) is 74.1 cm³/mol. The van der Waals surface area contributed by atoms with Gasteiger partial charge in [-0.05, 0) is 24.1 Å². The van der Waals surface area contributed by atoms with Gasteiger partial charge in [-0.25, -0.2) is 13.1 Å². The Labute approximate surface area is 109 Å². The standard InChI is InChI=1S/C13H18N2O2S/c1-3-5-13(4-2)15-18(16,17)10-11-6-8-12(14)9-7-11/h1,6-9,13,15H,4-5,10,14H2,2H3. The van der Waals surface area contributed by atoms with Crippen molar-refractivity contribution in [2.24, 2.45) is 0 Å². The van der Waals surface area contributed by atoms with Crippen LogP contribution < -0.4 is 10.5 Å². The van der Waals surface area contributed by atoms with Crippen molar-refractivity contribution < 1.29 is 8.42 Å². The zero-order valence-electron chi connectivity index (χ0n) is 10.4. The maximum absolute atomic E-state index is 11.9. The maximum Gasteiger partial charge on any atom is 0.216 e. The molecule has 1 aromatic carbocycles. The third-order valence-corrected chi connectivity index (χ3v) is 3.95. The van der Waals surface area contributed by atoms with Crippen LogP contribution in [0, 0.1) is 12.3 Å². The second-order valence-electron chi connectivity index (χ2n) is 4.13. The molecule has 0 saturated heterocycles. The smallest absolute Gasteiger partial charge is 0.216 e. The average Bonchev–Trinajstić information content (AvgIpc) is 2.31. The Morgan fingerprint density at radius 1 is 1.39 bits per heavy atom. The van der Waals surface area contributed by atoms with Crippen LogP contribution in [0.3, 0.4) is 0 Å². The number of nitrogens with two attached hydrogens (primary N) is 1. The summed E-state index contributed by atoms with van der Waals surface area (Å²) in [5, 5.41) is 0. The topological polar surface area (TPSA) is 72.2 Å². The van der Waals surface area contributed by atoms with E-state index in [4.69, 9.17) is 12.2 Å². The highest BCUT2D eigenvalue weighted by atomic mass is 32.2. The Morgan fingerprint density at radius 3 is 2.50 bits per heavy atom. The maximum atomic E-state index is 11.9. The van der Waals surface area contributed by atoms with Crippen molar-refractivity contribution in [3.63, 3.8) is 0 Å². The van der Waals surface area contributed by atoms with Gasteiger partial charge in [0.25, 0.3) is 0 Å². The summed E-state index contributed by atoms with van der Waals surface area (Å²) < 4.78 is 26.4. The third kappa shape index (κ3) is 4.78. The number of rotatable bonds is 6. The number of terminal acetylenes is 1. The monoisotopic (exact) mass is 266 g/mol. The van der Waals surface area contributed by atoms with Crippen molar-refractivity contribution in [2.75, 3.05) is 5.73 Å². The van der Waals surface area contributed by atoms with E-state index in [1.807, 2.05) is 6.92 Å². The second-order valence-corrected chi connectivity index (χ2v) is 5.89. The van der Waals surface area contributed by atoms with Crippen LogP contribution in [0.15, 0.2) is 24.3 Å². The summed E-state index contributed by atoms with van der Waals surface area (Å²) in [7, 11) is -3.37. The van der Waals surface area contributed by atoms with Gasteiger partial charge in [0.1, 0.15) is 0 Å². The van der Waals surface area contributed by atoms with E-state index in [9.17, 15) is 8.42 Å². The molecule has 1 rings (SSSR count). The van der Waals surface area contributed by atoms with Crippen molar-refractivity contribution in [2.45, 2.75) is 31.6 Å². The summed E-state index contributed by atoms with van der Waals surface area (Å²) >= 11 is 0. The summed E-state index contributed by atoms with van der Waals surface area (Å²) in [6.45, 7) is 1.90. The van der Waals surface area contributed by atoms with Crippen molar-refractivity contribution in [1.82, 2.24) is 4.72 Å². The van der Waals surface area contributed by atoms with Gasteiger partial charge in [-0.2, -0.15) is 0 Å². The van der Waals surface area contributed by atoms with Crippen LogP contribution in [0.1, 0.15) is 25.3 Å². The molecule has 0 spiro atoms. The van der Waals surface area contributed by atoms with Crippen molar-refractivity contribution in [3.8, 4) is 12.3 Å². The van der Waals surface area contributed by atoms with Crippen LogP contribution in [0.25, 0.3) is 0 Å². The lowest BCUT2D eigenvalue weighted by molar-refractivity contribution is 0.543. The van der Waals surface area contributed by atoms with Gasteiger partial charge in [-0.15, -0.1) is 12.3 Å². The van der Waals surface area contributed by atoms with Crippen molar-refractivity contribution in [1.29, 1.82) is 0 Å². The molecule has 3 N–H and O–H groups in total. The molecule has 1 aromatic rings. The van der Waals surface area contributed by atoms with E-state index >= 15 is 0 Å². The molecule has 1 unspecified atom stereocenters. The van der Waals surface area contributed by atoms with Gasteiger partial charge in [0.2, 0.25) is 10.0 Å². The minimum atomic E-state index is -3.37. The van der Waals surface area contributed by atoms with Gasteiger partial charge < -0.3 is 5.73 Å². The molecule has 18 heavy (non-hydrogen) atoms. The molecule has 1 atom stereocenters. The van der Waals surface area contributed by atoms with Gasteiger partial charge in [-0.3, -0.25) is 0 Å². The SMILES string of the molecule is C#CCC(CC)NS(=O)(=O)Cc1ccc(N)cc1. The summed E-state index contributed by atoms with van der Waals surface area (Å²) in [6, 6.07) is 6.58. The molecular formula is C13H18N2O2S. The highest BCUT2D eigenvalue weighted by Crippen LogP contribution is 2.10. The molecule has 0 radical (unpaired) electrons. The molecule has 5 heteroatoms. The zero-order valence-corrected chi connectivity index (χ0v) is 11.2. The molecule has 98 valence electrons. The molecule has 0 saturated carbocycles. The number of nitrogen functional groups attached to an aromatic ring is 1. The van der Waals surface area contributed by atoms with E-state index in [-0.39, 0.29) is 11.8 Å². The third-order valence-electron chi connectivity index (χ3n) is 2.54. The lowest BCUT2D eigenvalue weighted by atomic mass is 10.2. The molecule has 0 heterocycles. The van der Waals surface area contributed by atoms with E-state index in [1.165, 1.54) is 0 Å². The first-order chi connectivity index (χ1) is 8.46. The van der Waals surface area contributed by atoms with E-state index in [1.54, 1.807) is 24.3 Å². The average molecular weight is 266 g/mol. The Balaban J connectivity index is 2.70. The fourth-order valence-corrected chi connectivity index (χ4v) is 3.01. The van der Waals surface area contributed by atoms with E-state index < -0.39 is 10.0 Å². The minimum absolute atomic E-state index is 0.0612. The Hall–Kier alpha value is -1.51. The first kappa shape index (κ1) is 14.6. The minimum Gasteiger partial charge on any atom is -0.399 e. The Morgan fingerprint density at radius 2 is 2.00 bits per heavy atom. The molecule has 0 aliphatic carbocycles. The lowest BCUT2D eigenvalue weighted by Crippen LogP contribution is -2.34. The first-order valence-corrected chi connectivity index (χ1v) is 7.40. The summed E-state index contributed by atoms with van der Waals surface area (Å²) in [4.78, 5) is 0. The Kier molecular flexibility index (Phi) is 5.20. The van der Waals surface area contributed by atoms with Gasteiger partial charge in [0.15, 0.2) is 0 Å². The van der Waals surface area contributed by atoms with Crippen LogP contribution >= 0.6 is 0 Å². The van der Waals surface area contributed by atoms with Crippen molar-refractivity contribution >= 4 is 15.7 Å². The summed E-state index contributed by atoms with van der Waals surface area (Å²) in [5.41, 5.74) is 6.86. The highest BCUT2D eigenvalue weighted by molar-refractivity contribution is 7.88. The van der Waals surface area contributed by atoms with E-state index in [0.29, 0.717) is 24.1 Å². The zero-order chi connectivity index (χ0) is 13.6. The molecule has 4 nitrogen and oxygen atoms in total. The van der Waals surface area contributed by atoms with E-state index in [0.717, 1.165) is 0 Å². The largest absolute Gasteiger partial charge is 0.399 e. The normalized spacial score (nSPS) is 12.9. The quantitative estimate of drug-likeness (QED) is 0.605. The van der Waals surface area contributed by atoms with Crippen LogP contribution in [-0.2, 0) is 15.8 Å². The van der Waals surface area contributed by atoms with Crippen LogP contribution in [0.5, 0.6) is 0 Å². The fraction of sp³-hybridized carbons (Fsp3) is 0.385. The number of sulfonamides is 1. The van der Waals surface area contributed by atoms with Gasteiger partial charge in [-0.1, -0.05) is 19.1 Å². The van der Waals surface area contributed by atoms with Crippen LogP contribution in [-0.4, -0.2) is 14.5 Å². The number of benzene rings is 1. The van der Waals surface area contributed by atoms with Gasteiger partial charge in [0.05, 0.1) is 5.75 Å². The molecule has 0 bridgehead atoms. The first-order valence-electron chi connectivity index (χ1n) is 5.74. The molecular weight excluding hydrogens is 248 g/mol. The Bertz CT molecular complexity index is 515. The fourth-order valence-electron chi connectivity index (χ4n) is 1.54. The number of hydrogen-bond donors (Lipinski definition) is 2. The van der Waals surface area contributed by atoms with Crippen molar-refractivity contribution in [3.05, 3.63) is 29.8 Å². The molecule has 0 amide bonds. The summed E-state index contributed by atoms with van der Waals surface area (Å²) in [6.07, 6.45) is 6.27. The lowest BCUT2D eigenvalue weighted by Gasteiger charge is -2.14. The van der Waals surface area contributed by atoms with Gasteiger partial charge >= 0.3 is 0 Å². The highest BCUT2D eigenvalue weighted by Gasteiger charge is 2.16. The number of anilines is 1. The second kappa shape index (κ2) is 6.43. The summed E-state index contributed by atoms with van der Waals surface area (Å²) in [5.74, 6) is 2.41. The molecule has 0 fully saturated rings. The molecule has 0 aliphatic rings.